The number of hydrogen-bond acceptors (Lipinski definition) is 4. The van der Waals surface area contributed by atoms with E-state index in [0.29, 0.717) is 5.56 Å². The van der Waals surface area contributed by atoms with Crippen LogP contribution in [0.15, 0.2) is 86.2 Å². The summed E-state index contributed by atoms with van der Waals surface area (Å²) in [6.07, 6.45) is 2.32. The Bertz CT molecular complexity index is 1430. The van der Waals surface area contributed by atoms with E-state index in [4.69, 9.17) is 9.47 Å². The average molecular weight is 479 g/mol. The second-order valence-electron chi connectivity index (χ2n) is 7.68. The molecule has 0 N–H and O–H groups in total. The van der Waals surface area contributed by atoms with Crippen LogP contribution in [-0.2, 0) is 32.1 Å². The minimum absolute atomic E-state index is 0.166. The smallest absolute Gasteiger partial charge is 0.330 e. The quantitative estimate of drug-likeness (QED) is 0.206. The molecule has 0 saturated carbocycles. The highest BCUT2D eigenvalue weighted by atomic mass is 19.1. The first-order valence-electron chi connectivity index (χ1n) is 11.0. The lowest BCUT2D eigenvalue weighted by Gasteiger charge is -2.04. The van der Waals surface area contributed by atoms with Gasteiger partial charge in [-0.15, -0.1) is 0 Å². The number of carbonyl (C=O) groups is 2. The van der Waals surface area contributed by atoms with Crippen molar-refractivity contribution in [2.45, 2.75) is 20.0 Å². The highest BCUT2D eigenvalue weighted by Crippen LogP contribution is 2.13. The number of ether oxygens (including phenoxy) is 2. The normalized spacial score (nSPS) is 9.61. The minimum atomic E-state index is -0.608. The summed E-state index contributed by atoms with van der Waals surface area (Å²) in [6.45, 7) is 8.44. The Morgan fingerprint density at radius 1 is 0.889 bits per heavy atom. The molecule has 178 valence electrons. The summed E-state index contributed by atoms with van der Waals surface area (Å²) in [7, 11) is 0. The molecule has 3 aromatic carbocycles. The van der Waals surface area contributed by atoms with E-state index in [9.17, 15) is 14.0 Å². The fraction of sp³-hybridized carbons (Fsp3) is 0.0968. The predicted molar refractivity (Wildman–Crippen MR) is 136 cm³/mol. The largest absolute Gasteiger partial charge is 0.458 e. The Morgan fingerprint density at radius 2 is 1.53 bits per heavy atom. The number of benzene rings is 3. The SMILES string of the molecule is C=COC(=O)Cc1ccc(C#Cc2ccc(C#Cc3ccc(COC(=O)C=C)c(F)c3)c(C)c2)cc1. The Morgan fingerprint density at radius 3 is 2.19 bits per heavy atom. The highest BCUT2D eigenvalue weighted by Gasteiger charge is 2.06. The molecule has 0 aliphatic rings. The third kappa shape index (κ3) is 7.58. The molecule has 0 fully saturated rings. The van der Waals surface area contributed by atoms with Gasteiger partial charge in [0.05, 0.1) is 12.7 Å². The fourth-order valence-corrected chi connectivity index (χ4v) is 3.12. The second kappa shape index (κ2) is 12.6. The van der Waals surface area contributed by atoms with Gasteiger partial charge in [-0.2, -0.15) is 0 Å². The topological polar surface area (TPSA) is 52.6 Å². The van der Waals surface area contributed by atoms with Crippen molar-refractivity contribution in [1.82, 2.24) is 0 Å². The van der Waals surface area contributed by atoms with Crippen molar-refractivity contribution in [3.05, 3.63) is 131 Å². The standard InChI is InChI=1S/C31H23FO4/c1-4-30(33)36-21-28-17-14-25(19-29(28)32)13-16-27-15-12-24(18-22(27)3)9-6-23-7-10-26(11-8-23)20-31(34)35-5-2/h4-5,7-8,10-12,14-15,17-19H,1-2,20-21H2,3H3. The van der Waals surface area contributed by atoms with Gasteiger partial charge in [-0.1, -0.05) is 55.0 Å². The molecule has 0 unspecified atom stereocenters. The molecule has 0 heterocycles. The Labute approximate surface area is 210 Å². The molecule has 3 aromatic rings. The first kappa shape index (κ1) is 25.7. The Kier molecular flexibility index (Phi) is 8.98. The highest BCUT2D eigenvalue weighted by molar-refractivity contribution is 5.81. The molecule has 0 aliphatic heterocycles. The van der Waals surface area contributed by atoms with Gasteiger partial charge < -0.3 is 9.47 Å². The molecule has 0 spiro atoms. The van der Waals surface area contributed by atoms with Crippen LogP contribution in [0.4, 0.5) is 4.39 Å². The van der Waals surface area contributed by atoms with E-state index in [0.717, 1.165) is 40.2 Å². The van der Waals surface area contributed by atoms with Gasteiger partial charge in [-0.05, 0) is 60.5 Å². The van der Waals surface area contributed by atoms with Crippen LogP contribution in [0.5, 0.6) is 0 Å². The summed E-state index contributed by atoms with van der Waals surface area (Å²) in [5, 5.41) is 0. The maximum absolute atomic E-state index is 14.3. The van der Waals surface area contributed by atoms with Gasteiger partial charge in [0, 0.05) is 33.9 Å². The van der Waals surface area contributed by atoms with Gasteiger partial charge in [0.15, 0.2) is 0 Å². The van der Waals surface area contributed by atoms with E-state index in [1.54, 1.807) is 12.1 Å². The lowest BCUT2D eigenvalue weighted by Crippen LogP contribution is -2.03. The fourth-order valence-electron chi connectivity index (χ4n) is 3.12. The van der Waals surface area contributed by atoms with Gasteiger partial charge in [0.25, 0.3) is 0 Å². The van der Waals surface area contributed by atoms with Crippen molar-refractivity contribution in [3.8, 4) is 23.7 Å². The minimum Gasteiger partial charge on any atom is -0.458 e. The Hall–Kier alpha value is -4.87. The third-order valence-corrected chi connectivity index (χ3v) is 5.03. The maximum Gasteiger partial charge on any atom is 0.330 e. The van der Waals surface area contributed by atoms with E-state index in [1.165, 1.54) is 6.07 Å². The number of rotatable bonds is 6. The van der Waals surface area contributed by atoms with Crippen LogP contribution in [0.2, 0.25) is 0 Å². The van der Waals surface area contributed by atoms with Gasteiger partial charge in [0.2, 0.25) is 0 Å². The molecule has 0 aromatic heterocycles. The lowest BCUT2D eigenvalue weighted by molar-refractivity contribution is -0.139. The van der Waals surface area contributed by atoms with Crippen molar-refractivity contribution >= 4 is 11.9 Å². The van der Waals surface area contributed by atoms with Crippen molar-refractivity contribution in [3.63, 3.8) is 0 Å². The van der Waals surface area contributed by atoms with Crippen molar-refractivity contribution in [2.24, 2.45) is 0 Å². The van der Waals surface area contributed by atoms with Crippen LogP contribution in [0.1, 0.15) is 38.9 Å². The van der Waals surface area contributed by atoms with Gasteiger partial charge in [0.1, 0.15) is 12.4 Å². The monoisotopic (exact) mass is 478 g/mol. The molecular formula is C31H23FO4. The first-order valence-corrected chi connectivity index (χ1v) is 11.0. The molecule has 0 amide bonds. The van der Waals surface area contributed by atoms with E-state index < -0.39 is 11.8 Å². The first-order chi connectivity index (χ1) is 17.4. The molecular weight excluding hydrogens is 455 g/mol. The molecule has 3 rings (SSSR count). The molecule has 0 aliphatic carbocycles. The van der Waals surface area contributed by atoms with Crippen LogP contribution in [0.25, 0.3) is 0 Å². The number of carbonyl (C=O) groups excluding carboxylic acids is 2. The summed E-state index contributed by atoms with van der Waals surface area (Å²) >= 11 is 0. The molecule has 0 bridgehead atoms. The molecule has 4 nitrogen and oxygen atoms in total. The lowest BCUT2D eigenvalue weighted by atomic mass is 10.0. The zero-order valence-electron chi connectivity index (χ0n) is 19.8. The number of esters is 2. The third-order valence-electron chi connectivity index (χ3n) is 5.03. The Balaban J connectivity index is 1.67. The maximum atomic E-state index is 14.3. The van der Waals surface area contributed by atoms with Crippen LogP contribution in [0.3, 0.4) is 0 Å². The van der Waals surface area contributed by atoms with Crippen LogP contribution >= 0.6 is 0 Å². The molecule has 0 atom stereocenters. The summed E-state index contributed by atoms with van der Waals surface area (Å²) in [5.74, 6) is 10.8. The number of hydrogen-bond donors (Lipinski definition) is 0. The van der Waals surface area contributed by atoms with Gasteiger partial charge in [-0.25, -0.2) is 9.18 Å². The van der Waals surface area contributed by atoms with Crippen LogP contribution < -0.4 is 0 Å². The van der Waals surface area contributed by atoms with E-state index >= 15 is 0 Å². The van der Waals surface area contributed by atoms with Crippen molar-refractivity contribution in [2.75, 3.05) is 0 Å². The summed E-state index contributed by atoms with van der Waals surface area (Å²) in [5.41, 5.74) is 5.01. The zero-order chi connectivity index (χ0) is 25.9. The predicted octanol–water partition coefficient (Wildman–Crippen LogP) is 5.39. The van der Waals surface area contributed by atoms with Crippen molar-refractivity contribution in [1.29, 1.82) is 0 Å². The molecule has 36 heavy (non-hydrogen) atoms. The van der Waals surface area contributed by atoms with Crippen LogP contribution in [-0.4, -0.2) is 11.9 Å². The van der Waals surface area contributed by atoms with Gasteiger partial charge in [-0.3, -0.25) is 4.79 Å². The zero-order valence-corrected chi connectivity index (χ0v) is 19.8. The second-order valence-corrected chi connectivity index (χ2v) is 7.68. The van der Waals surface area contributed by atoms with E-state index in [1.807, 2.05) is 49.4 Å². The summed E-state index contributed by atoms with van der Waals surface area (Å²) < 4.78 is 23.9. The van der Waals surface area contributed by atoms with Gasteiger partial charge >= 0.3 is 11.9 Å². The molecule has 0 saturated heterocycles. The number of halogens is 1. The van der Waals surface area contributed by atoms with Crippen LogP contribution in [0, 0.1) is 36.4 Å². The number of aryl methyl sites for hydroxylation is 1. The van der Waals surface area contributed by atoms with E-state index in [2.05, 4.69) is 36.8 Å². The summed E-state index contributed by atoms with van der Waals surface area (Å²) in [6, 6.07) is 17.6. The molecule has 0 radical (unpaired) electrons. The molecule has 5 heteroatoms. The summed E-state index contributed by atoms with van der Waals surface area (Å²) in [4.78, 5) is 22.7. The van der Waals surface area contributed by atoms with Crippen molar-refractivity contribution < 1.29 is 23.5 Å². The van der Waals surface area contributed by atoms with E-state index in [-0.39, 0.29) is 24.6 Å². The average Bonchev–Trinajstić information content (AvgIpc) is 2.87.